The van der Waals surface area contributed by atoms with E-state index in [1.165, 1.54) is 25.7 Å². The number of Topliss-reactive ketones (excluding diaryl/α,β-unsaturated/α-hetero) is 1. The summed E-state index contributed by atoms with van der Waals surface area (Å²) >= 11 is 0. The van der Waals surface area contributed by atoms with Gasteiger partial charge >= 0.3 is 0 Å². The minimum atomic E-state index is -1.77. The van der Waals surface area contributed by atoms with Crippen molar-refractivity contribution in [1.82, 2.24) is 0 Å². The minimum Gasteiger partial charge on any atom is -0.414 e. The van der Waals surface area contributed by atoms with E-state index < -0.39 is 8.32 Å². The van der Waals surface area contributed by atoms with Gasteiger partial charge < -0.3 is 9.16 Å². The molecule has 1 unspecified atom stereocenters. The van der Waals surface area contributed by atoms with Crippen LogP contribution in [0.1, 0.15) is 86.5 Å². The maximum absolute atomic E-state index is 12.9. The molecule has 0 N–H and O–H groups in total. The Morgan fingerprint density at radius 2 is 1.71 bits per heavy atom. The Labute approximate surface area is 192 Å². The summed E-state index contributed by atoms with van der Waals surface area (Å²) in [5.41, 5.74) is 0.169. The van der Waals surface area contributed by atoms with Crippen LogP contribution in [0.5, 0.6) is 0 Å². The van der Waals surface area contributed by atoms with Gasteiger partial charge in [-0.15, -0.1) is 0 Å². The summed E-state index contributed by atoms with van der Waals surface area (Å²) in [5, 5.41) is 0.259. The molecule has 4 aliphatic carbocycles. The van der Waals surface area contributed by atoms with Crippen molar-refractivity contribution in [2.24, 2.45) is 40.4 Å². The Bertz CT molecular complexity index is 712. The largest absolute Gasteiger partial charge is 0.414 e. The number of carbonyl (C=O) groups excluding carboxylic acids is 1. The van der Waals surface area contributed by atoms with E-state index in [0.717, 1.165) is 25.2 Å². The third-order valence-corrected chi connectivity index (χ3v) is 15.7. The summed E-state index contributed by atoms with van der Waals surface area (Å²) in [5.74, 6) is 3.64. The Morgan fingerprint density at radius 1 is 1.03 bits per heavy atom. The van der Waals surface area contributed by atoms with E-state index in [-0.39, 0.29) is 16.6 Å². The molecule has 0 aromatic carbocycles. The molecule has 0 radical (unpaired) electrons. The van der Waals surface area contributed by atoms with Crippen LogP contribution in [0.4, 0.5) is 0 Å². The van der Waals surface area contributed by atoms with Gasteiger partial charge in [0.25, 0.3) is 0 Å². The van der Waals surface area contributed by atoms with E-state index in [9.17, 15) is 4.79 Å². The highest BCUT2D eigenvalue weighted by molar-refractivity contribution is 6.74. The molecule has 0 heterocycles. The predicted molar refractivity (Wildman–Crippen MR) is 130 cm³/mol. The monoisotopic (exact) mass is 448 g/mol. The highest BCUT2D eigenvalue weighted by Crippen LogP contribution is 2.66. The number of ether oxygens (including phenoxy) is 1. The molecule has 4 rings (SSSR count). The molecule has 3 nitrogen and oxygen atoms in total. The first-order valence-corrected chi connectivity index (χ1v) is 15.9. The summed E-state index contributed by atoms with van der Waals surface area (Å²) < 4.78 is 13.2. The summed E-state index contributed by atoms with van der Waals surface area (Å²) in [7, 11) is 0.129. The number of hydrogen-bond acceptors (Lipinski definition) is 3. The third-order valence-electron chi connectivity index (χ3n) is 11.2. The lowest BCUT2D eigenvalue weighted by Crippen LogP contribution is -2.61. The summed E-state index contributed by atoms with van der Waals surface area (Å²) in [4.78, 5) is 12.9. The molecule has 0 saturated heterocycles. The fourth-order valence-corrected chi connectivity index (χ4v) is 9.83. The average molecular weight is 449 g/mol. The Balaban J connectivity index is 1.60. The van der Waals surface area contributed by atoms with Crippen molar-refractivity contribution in [3.63, 3.8) is 0 Å². The number of hydrogen-bond donors (Lipinski definition) is 0. The summed E-state index contributed by atoms with van der Waals surface area (Å²) in [6, 6.07) is 0. The maximum atomic E-state index is 12.9. The molecule has 0 aromatic rings. The predicted octanol–water partition coefficient (Wildman–Crippen LogP) is 6.86. The number of rotatable bonds is 3. The second kappa shape index (κ2) is 7.66. The SMILES string of the molecule is CO[C@H]1C[C@]2(C)C(=O)CC[C@H]2[C@@H]2CC[C@H]3CC(O[Si](C)(C)C(C)(C)C)[C@H](C)C[C@]3(C)[C@H]21. The topological polar surface area (TPSA) is 35.5 Å². The van der Waals surface area contributed by atoms with Gasteiger partial charge in [0, 0.05) is 25.0 Å². The second-order valence-electron chi connectivity index (χ2n) is 13.8. The van der Waals surface area contributed by atoms with Gasteiger partial charge in [0.15, 0.2) is 8.32 Å². The quantitative estimate of drug-likeness (QED) is 0.442. The van der Waals surface area contributed by atoms with E-state index in [1.807, 2.05) is 7.11 Å². The number of fused-ring (bicyclic) bond motifs is 5. The normalized spacial score (nSPS) is 48.2. The van der Waals surface area contributed by atoms with E-state index in [0.29, 0.717) is 41.0 Å². The first-order chi connectivity index (χ1) is 14.2. The molecule has 9 atom stereocenters. The standard InChI is InChI=1S/C27H48O3Si/c1-17-15-26(5)18(14-21(17)30-31(8,9)25(2,3)4)10-11-19-20-12-13-23(28)27(20,6)16-22(29-7)24(19)26/h17-22,24H,10-16H2,1-9H3/t17-,18+,19+,20+,21?,22+,24-,26+,27+/m1/s1. The van der Waals surface area contributed by atoms with Gasteiger partial charge in [-0.3, -0.25) is 4.79 Å². The molecule has 0 bridgehead atoms. The van der Waals surface area contributed by atoms with E-state index in [2.05, 4.69) is 54.6 Å². The first-order valence-electron chi connectivity index (χ1n) is 13.0. The Hall–Kier alpha value is -0.193. The lowest BCUT2D eigenvalue weighted by atomic mass is 9.43. The van der Waals surface area contributed by atoms with Crippen molar-refractivity contribution < 1.29 is 14.0 Å². The maximum Gasteiger partial charge on any atom is 0.192 e. The fourth-order valence-electron chi connectivity index (χ4n) is 8.39. The lowest BCUT2D eigenvalue weighted by molar-refractivity contribution is -0.188. The van der Waals surface area contributed by atoms with Crippen molar-refractivity contribution in [3.8, 4) is 0 Å². The third kappa shape index (κ3) is 3.62. The molecule has 4 heteroatoms. The molecule has 0 aromatic heterocycles. The number of carbonyl (C=O) groups is 1. The van der Waals surface area contributed by atoms with Crippen LogP contribution in [0.25, 0.3) is 0 Å². The highest BCUT2D eigenvalue weighted by atomic mass is 28.4. The fraction of sp³-hybridized carbons (Fsp3) is 0.963. The van der Waals surface area contributed by atoms with E-state index in [4.69, 9.17) is 9.16 Å². The zero-order valence-electron chi connectivity index (χ0n) is 21.7. The molecular formula is C27H48O3Si. The highest BCUT2D eigenvalue weighted by Gasteiger charge is 2.64. The van der Waals surface area contributed by atoms with Crippen molar-refractivity contribution in [2.75, 3.05) is 7.11 Å². The molecule has 0 spiro atoms. The lowest BCUT2D eigenvalue weighted by Gasteiger charge is -2.63. The summed E-state index contributed by atoms with van der Waals surface area (Å²) in [6.45, 7) is 19.2. The minimum absolute atomic E-state index is 0.140. The average Bonchev–Trinajstić information content (AvgIpc) is 2.95. The van der Waals surface area contributed by atoms with Gasteiger partial charge in [-0.1, -0.05) is 41.5 Å². The molecule has 4 saturated carbocycles. The van der Waals surface area contributed by atoms with Crippen LogP contribution in [0.3, 0.4) is 0 Å². The van der Waals surface area contributed by atoms with Gasteiger partial charge in [-0.25, -0.2) is 0 Å². The molecule has 31 heavy (non-hydrogen) atoms. The Kier molecular flexibility index (Phi) is 5.92. The zero-order chi connectivity index (χ0) is 23.0. The molecule has 4 fully saturated rings. The van der Waals surface area contributed by atoms with Crippen LogP contribution in [-0.4, -0.2) is 33.4 Å². The molecule has 178 valence electrons. The van der Waals surface area contributed by atoms with E-state index >= 15 is 0 Å². The second-order valence-corrected chi connectivity index (χ2v) is 18.5. The van der Waals surface area contributed by atoms with Gasteiger partial charge in [-0.2, -0.15) is 0 Å². The van der Waals surface area contributed by atoms with Gasteiger partial charge in [0.05, 0.1) is 6.10 Å². The van der Waals surface area contributed by atoms with Crippen LogP contribution in [0.2, 0.25) is 18.1 Å². The molecule has 4 aliphatic rings. The number of methoxy groups -OCH3 is 1. The molecule has 0 aliphatic heterocycles. The number of ketones is 1. The molecular weight excluding hydrogens is 400 g/mol. The molecule has 0 amide bonds. The van der Waals surface area contributed by atoms with Crippen molar-refractivity contribution in [3.05, 3.63) is 0 Å². The van der Waals surface area contributed by atoms with Gasteiger partial charge in [0.2, 0.25) is 0 Å². The van der Waals surface area contributed by atoms with Crippen LogP contribution in [0, 0.1) is 40.4 Å². The van der Waals surface area contributed by atoms with E-state index in [1.54, 1.807) is 0 Å². The smallest absolute Gasteiger partial charge is 0.192 e. The van der Waals surface area contributed by atoms with Crippen LogP contribution < -0.4 is 0 Å². The van der Waals surface area contributed by atoms with Gasteiger partial charge in [0.1, 0.15) is 5.78 Å². The Morgan fingerprint density at radius 3 is 2.32 bits per heavy atom. The van der Waals surface area contributed by atoms with Crippen molar-refractivity contribution >= 4 is 14.1 Å². The van der Waals surface area contributed by atoms with Crippen LogP contribution in [0.15, 0.2) is 0 Å². The van der Waals surface area contributed by atoms with Crippen LogP contribution >= 0.6 is 0 Å². The first kappa shape index (κ1) is 23.9. The zero-order valence-corrected chi connectivity index (χ0v) is 22.7. The van der Waals surface area contributed by atoms with Crippen LogP contribution in [-0.2, 0) is 14.0 Å². The van der Waals surface area contributed by atoms with Crippen molar-refractivity contribution in [1.29, 1.82) is 0 Å². The van der Waals surface area contributed by atoms with Gasteiger partial charge in [-0.05, 0) is 91.7 Å². The summed E-state index contributed by atoms with van der Waals surface area (Å²) in [6.07, 6.45) is 8.51. The van der Waals surface area contributed by atoms with Crippen molar-refractivity contribution in [2.45, 2.75) is 117 Å².